The van der Waals surface area contributed by atoms with E-state index >= 15 is 0 Å². The number of amides is 2. The van der Waals surface area contributed by atoms with Gasteiger partial charge in [-0.3, -0.25) is 4.98 Å². The monoisotopic (exact) mass is 329 g/mol. The summed E-state index contributed by atoms with van der Waals surface area (Å²) < 4.78 is 11.4. The maximum atomic E-state index is 12.5. The molecule has 0 spiro atoms. The zero-order chi connectivity index (χ0) is 17.1. The van der Waals surface area contributed by atoms with E-state index in [1.165, 1.54) is 0 Å². The van der Waals surface area contributed by atoms with Crippen molar-refractivity contribution in [3.8, 4) is 5.75 Å². The van der Waals surface area contributed by atoms with Crippen LogP contribution in [0.5, 0.6) is 5.75 Å². The van der Waals surface area contributed by atoms with Crippen molar-refractivity contribution in [1.82, 2.24) is 15.2 Å². The van der Waals surface area contributed by atoms with Crippen LogP contribution in [0.2, 0.25) is 0 Å². The average Bonchev–Trinajstić information content (AvgIpc) is 3.14. The number of carbonyl (C=O) groups is 1. The van der Waals surface area contributed by atoms with Crippen molar-refractivity contribution in [2.24, 2.45) is 0 Å². The Morgan fingerprint density at radius 2 is 2.33 bits per heavy atom. The Labute approximate surface area is 141 Å². The molecule has 6 nitrogen and oxygen atoms in total. The van der Waals surface area contributed by atoms with Gasteiger partial charge >= 0.3 is 6.03 Å². The largest absolute Gasteiger partial charge is 0.487 e. The molecular formula is C18H23N3O3. The maximum Gasteiger partial charge on any atom is 0.318 e. The van der Waals surface area contributed by atoms with Crippen molar-refractivity contribution in [2.45, 2.75) is 39.3 Å². The molecule has 1 aliphatic rings. The first-order valence-corrected chi connectivity index (χ1v) is 8.22. The molecule has 24 heavy (non-hydrogen) atoms. The van der Waals surface area contributed by atoms with Gasteiger partial charge in [0.05, 0.1) is 18.8 Å². The van der Waals surface area contributed by atoms with Crippen molar-refractivity contribution < 1.29 is 13.9 Å². The van der Waals surface area contributed by atoms with E-state index in [0.717, 1.165) is 29.3 Å². The molecule has 1 saturated heterocycles. The van der Waals surface area contributed by atoms with Gasteiger partial charge in [0.25, 0.3) is 0 Å². The summed E-state index contributed by atoms with van der Waals surface area (Å²) in [5.41, 5.74) is 1.02. The van der Waals surface area contributed by atoms with Gasteiger partial charge in [0.15, 0.2) is 0 Å². The van der Waals surface area contributed by atoms with E-state index in [2.05, 4.69) is 10.3 Å². The lowest BCUT2D eigenvalue weighted by Gasteiger charge is -2.21. The number of nitrogens with one attached hydrogen (secondary N) is 1. The van der Waals surface area contributed by atoms with Gasteiger partial charge in [0.2, 0.25) is 0 Å². The van der Waals surface area contributed by atoms with E-state index < -0.39 is 0 Å². The van der Waals surface area contributed by atoms with Gasteiger partial charge in [0, 0.05) is 24.7 Å². The number of nitrogens with zero attached hydrogens (tertiary/aromatic N) is 2. The summed E-state index contributed by atoms with van der Waals surface area (Å²) >= 11 is 0. The lowest BCUT2D eigenvalue weighted by Crippen LogP contribution is -2.40. The van der Waals surface area contributed by atoms with Gasteiger partial charge in [-0.15, -0.1) is 0 Å². The number of hydrogen-bond donors (Lipinski definition) is 1. The molecule has 2 unspecified atom stereocenters. The minimum atomic E-state index is -0.0896. The predicted molar refractivity (Wildman–Crippen MR) is 90.0 cm³/mol. The Morgan fingerprint density at radius 1 is 1.50 bits per heavy atom. The van der Waals surface area contributed by atoms with E-state index in [1.54, 1.807) is 17.3 Å². The number of furan rings is 1. The first-order chi connectivity index (χ1) is 11.5. The highest BCUT2D eigenvalue weighted by Crippen LogP contribution is 2.22. The molecule has 1 fully saturated rings. The SMILES string of the molecule is Cc1cc(C(C)NC(=O)N2CCC(Oc3cccnc3)C2)c(C)o1. The number of pyridine rings is 1. The van der Waals surface area contributed by atoms with E-state index in [0.29, 0.717) is 13.1 Å². The van der Waals surface area contributed by atoms with Crippen LogP contribution in [0.3, 0.4) is 0 Å². The fraction of sp³-hybridized carbons (Fsp3) is 0.444. The zero-order valence-electron chi connectivity index (χ0n) is 14.3. The van der Waals surface area contributed by atoms with Gasteiger partial charge in [-0.05, 0) is 39.0 Å². The number of aryl methyl sites for hydroxylation is 2. The molecule has 0 aliphatic carbocycles. The highest BCUT2D eigenvalue weighted by atomic mass is 16.5. The summed E-state index contributed by atoms with van der Waals surface area (Å²) in [6.45, 7) is 7.06. The van der Waals surface area contributed by atoms with Crippen LogP contribution in [0, 0.1) is 13.8 Å². The van der Waals surface area contributed by atoms with Crippen molar-refractivity contribution in [1.29, 1.82) is 0 Å². The number of hydrogen-bond acceptors (Lipinski definition) is 4. The third kappa shape index (κ3) is 3.69. The van der Waals surface area contributed by atoms with Crippen molar-refractivity contribution in [2.75, 3.05) is 13.1 Å². The van der Waals surface area contributed by atoms with Crippen LogP contribution in [0.4, 0.5) is 4.79 Å². The molecule has 1 aliphatic heterocycles. The molecule has 0 aromatic carbocycles. The highest BCUT2D eigenvalue weighted by molar-refractivity contribution is 5.75. The molecular weight excluding hydrogens is 306 g/mol. The molecule has 128 valence electrons. The summed E-state index contributed by atoms with van der Waals surface area (Å²) in [5, 5.41) is 3.04. The molecule has 2 aromatic rings. The molecule has 3 rings (SSSR count). The highest BCUT2D eigenvalue weighted by Gasteiger charge is 2.28. The summed E-state index contributed by atoms with van der Waals surface area (Å²) in [6.07, 6.45) is 4.23. The first-order valence-electron chi connectivity index (χ1n) is 8.22. The lowest BCUT2D eigenvalue weighted by atomic mass is 10.1. The minimum absolute atomic E-state index is 0.00756. The number of ether oxygens (including phenoxy) is 1. The smallest absolute Gasteiger partial charge is 0.318 e. The van der Waals surface area contributed by atoms with E-state index in [-0.39, 0.29) is 18.2 Å². The quantitative estimate of drug-likeness (QED) is 0.935. The van der Waals surface area contributed by atoms with Gasteiger partial charge in [-0.2, -0.15) is 0 Å². The Bertz CT molecular complexity index is 699. The van der Waals surface area contributed by atoms with Gasteiger partial charge in [-0.1, -0.05) is 0 Å². The van der Waals surface area contributed by atoms with Gasteiger partial charge < -0.3 is 19.4 Å². The first kappa shape index (κ1) is 16.4. The van der Waals surface area contributed by atoms with Crippen LogP contribution in [0.25, 0.3) is 0 Å². The number of rotatable bonds is 4. The third-order valence-electron chi connectivity index (χ3n) is 4.26. The number of likely N-dealkylation sites (tertiary alicyclic amines) is 1. The zero-order valence-corrected chi connectivity index (χ0v) is 14.3. The van der Waals surface area contributed by atoms with Gasteiger partial charge in [0.1, 0.15) is 23.4 Å². The van der Waals surface area contributed by atoms with Crippen molar-refractivity contribution in [3.05, 3.63) is 47.7 Å². The second kappa shape index (κ2) is 6.95. The molecule has 1 N–H and O–H groups in total. The van der Waals surface area contributed by atoms with E-state index in [9.17, 15) is 4.79 Å². The molecule has 3 heterocycles. The van der Waals surface area contributed by atoms with Gasteiger partial charge in [-0.25, -0.2) is 4.79 Å². The average molecular weight is 329 g/mol. The fourth-order valence-corrected chi connectivity index (χ4v) is 3.05. The molecule has 0 saturated carbocycles. The predicted octanol–water partition coefficient (Wildman–Crippen LogP) is 3.22. The normalized spacial score (nSPS) is 18.5. The van der Waals surface area contributed by atoms with Crippen molar-refractivity contribution in [3.63, 3.8) is 0 Å². The second-order valence-corrected chi connectivity index (χ2v) is 6.20. The molecule has 2 amide bonds. The second-order valence-electron chi connectivity index (χ2n) is 6.20. The lowest BCUT2D eigenvalue weighted by molar-refractivity contribution is 0.184. The summed E-state index contributed by atoms with van der Waals surface area (Å²) in [6, 6.07) is 5.53. The van der Waals surface area contributed by atoms with E-state index in [4.69, 9.17) is 9.15 Å². The molecule has 6 heteroatoms. The van der Waals surface area contributed by atoms with Crippen LogP contribution in [0.15, 0.2) is 35.0 Å². The molecule has 0 radical (unpaired) electrons. The number of aromatic nitrogens is 1. The maximum absolute atomic E-state index is 12.5. The Morgan fingerprint density at radius 3 is 3.00 bits per heavy atom. The molecule has 2 aromatic heterocycles. The summed E-state index contributed by atoms with van der Waals surface area (Å²) in [7, 11) is 0. The van der Waals surface area contributed by atoms with Crippen LogP contribution >= 0.6 is 0 Å². The topological polar surface area (TPSA) is 67.6 Å². The third-order valence-corrected chi connectivity index (χ3v) is 4.26. The Balaban J connectivity index is 1.54. The van der Waals surface area contributed by atoms with Crippen LogP contribution in [0.1, 0.15) is 36.5 Å². The summed E-state index contributed by atoms with van der Waals surface area (Å²) in [4.78, 5) is 18.3. The van der Waals surface area contributed by atoms with Crippen LogP contribution in [-0.2, 0) is 0 Å². The number of carbonyl (C=O) groups excluding carboxylic acids is 1. The summed E-state index contributed by atoms with van der Waals surface area (Å²) in [5.74, 6) is 2.44. The number of urea groups is 1. The molecule has 2 atom stereocenters. The van der Waals surface area contributed by atoms with Crippen LogP contribution < -0.4 is 10.1 Å². The molecule has 0 bridgehead atoms. The standard InChI is InChI=1S/C18H23N3O3/c1-12-9-17(14(3)23-12)13(2)20-18(22)21-8-6-16(11-21)24-15-5-4-7-19-10-15/h4-5,7,9-10,13,16H,6,8,11H2,1-3H3,(H,20,22). The fourth-order valence-electron chi connectivity index (χ4n) is 3.05. The van der Waals surface area contributed by atoms with Crippen molar-refractivity contribution >= 4 is 6.03 Å². The Hall–Kier alpha value is -2.50. The van der Waals surface area contributed by atoms with E-state index in [1.807, 2.05) is 39.0 Å². The Kier molecular flexibility index (Phi) is 4.74. The van der Waals surface area contributed by atoms with Crippen LogP contribution in [-0.4, -0.2) is 35.1 Å². The minimum Gasteiger partial charge on any atom is -0.487 e.